The van der Waals surface area contributed by atoms with Gasteiger partial charge in [-0.25, -0.2) is 4.98 Å². The van der Waals surface area contributed by atoms with Crippen LogP contribution in [0.2, 0.25) is 5.15 Å². The van der Waals surface area contributed by atoms with Crippen molar-refractivity contribution in [2.75, 3.05) is 12.4 Å². The summed E-state index contributed by atoms with van der Waals surface area (Å²) < 4.78 is 11.8. The zero-order valence-electron chi connectivity index (χ0n) is 16.4. The normalized spacial score (nSPS) is 14.0. The van der Waals surface area contributed by atoms with Crippen molar-refractivity contribution >= 4 is 17.3 Å². The first kappa shape index (κ1) is 19.5. The first-order valence-electron chi connectivity index (χ1n) is 9.86. The quantitative estimate of drug-likeness (QED) is 0.504. The molecule has 0 unspecified atom stereocenters. The predicted molar refractivity (Wildman–Crippen MR) is 116 cm³/mol. The van der Waals surface area contributed by atoms with E-state index in [1.54, 1.807) is 19.4 Å². The number of methoxy groups -OCH3 is 1. The summed E-state index contributed by atoms with van der Waals surface area (Å²) in [6.07, 6.45) is 10.4. The Labute approximate surface area is 176 Å². The van der Waals surface area contributed by atoms with Gasteiger partial charge in [-0.2, -0.15) is 0 Å². The molecular weight excluding hydrogens is 386 g/mol. The van der Waals surface area contributed by atoms with Crippen LogP contribution < -0.4 is 14.8 Å². The Morgan fingerprint density at radius 3 is 2.69 bits per heavy atom. The molecule has 1 saturated carbocycles. The van der Waals surface area contributed by atoms with Crippen LogP contribution in [-0.4, -0.2) is 23.2 Å². The lowest BCUT2D eigenvalue weighted by Crippen LogP contribution is -2.11. The van der Waals surface area contributed by atoms with Gasteiger partial charge < -0.3 is 14.8 Å². The van der Waals surface area contributed by atoms with E-state index in [2.05, 4.69) is 27.4 Å². The zero-order chi connectivity index (χ0) is 20.1. The molecule has 2 aromatic heterocycles. The standard InChI is InChI=1S/C23H24ClN3O2/c1-28-21-8-6-16(12-22(21)29-19-4-2-3-5-19)20-10-11-25-13-17(20)14-26-18-7-9-23(24)27-15-18/h6-13,15,19,26H,2-5,14H2,1H3. The van der Waals surface area contributed by atoms with Gasteiger partial charge in [-0.05, 0) is 72.7 Å². The molecule has 3 aromatic rings. The van der Waals surface area contributed by atoms with Gasteiger partial charge in [0.05, 0.1) is 25.1 Å². The average Bonchev–Trinajstić information content (AvgIpc) is 3.27. The third-order valence-electron chi connectivity index (χ3n) is 5.18. The van der Waals surface area contributed by atoms with Gasteiger partial charge >= 0.3 is 0 Å². The highest BCUT2D eigenvalue weighted by atomic mass is 35.5. The van der Waals surface area contributed by atoms with Crippen LogP contribution in [0, 0.1) is 0 Å². The molecule has 1 aliphatic rings. The smallest absolute Gasteiger partial charge is 0.162 e. The molecule has 0 spiro atoms. The lowest BCUT2D eigenvalue weighted by Gasteiger charge is -2.18. The van der Waals surface area contributed by atoms with Gasteiger partial charge in [-0.3, -0.25) is 4.98 Å². The van der Waals surface area contributed by atoms with E-state index in [1.165, 1.54) is 12.8 Å². The molecule has 1 aliphatic carbocycles. The van der Waals surface area contributed by atoms with E-state index in [0.29, 0.717) is 11.7 Å². The van der Waals surface area contributed by atoms with Crippen molar-refractivity contribution < 1.29 is 9.47 Å². The minimum atomic E-state index is 0.273. The third kappa shape index (κ3) is 4.80. The fourth-order valence-corrected chi connectivity index (χ4v) is 3.76. The van der Waals surface area contributed by atoms with Crippen molar-refractivity contribution in [2.45, 2.75) is 38.3 Å². The van der Waals surface area contributed by atoms with Crippen LogP contribution in [0.1, 0.15) is 31.2 Å². The Balaban J connectivity index is 1.58. The molecule has 0 radical (unpaired) electrons. The van der Waals surface area contributed by atoms with Gasteiger partial charge in [0.15, 0.2) is 11.5 Å². The second-order valence-corrected chi connectivity index (χ2v) is 7.53. The molecule has 2 heterocycles. The number of hydrogen-bond donors (Lipinski definition) is 1. The van der Waals surface area contributed by atoms with Gasteiger partial charge in [0.2, 0.25) is 0 Å². The summed E-state index contributed by atoms with van der Waals surface area (Å²) in [5.74, 6) is 1.57. The van der Waals surface area contributed by atoms with Gasteiger partial charge in [-0.1, -0.05) is 17.7 Å². The highest BCUT2D eigenvalue weighted by molar-refractivity contribution is 6.29. The third-order valence-corrected chi connectivity index (χ3v) is 5.41. The number of benzene rings is 1. The molecule has 150 valence electrons. The van der Waals surface area contributed by atoms with Crippen LogP contribution in [0.25, 0.3) is 11.1 Å². The lowest BCUT2D eigenvalue weighted by molar-refractivity contribution is 0.201. The molecule has 6 heteroatoms. The highest BCUT2D eigenvalue weighted by Gasteiger charge is 2.19. The maximum atomic E-state index is 6.26. The van der Waals surface area contributed by atoms with Crippen LogP contribution >= 0.6 is 11.6 Å². The summed E-state index contributed by atoms with van der Waals surface area (Å²) in [5.41, 5.74) is 4.17. The zero-order valence-corrected chi connectivity index (χ0v) is 17.2. The molecule has 0 saturated heterocycles. The molecule has 1 fully saturated rings. The van der Waals surface area contributed by atoms with Crippen molar-refractivity contribution in [1.29, 1.82) is 0 Å². The molecular formula is C23H24ClN3O2. The number of anilines is 1. The van der Waals surface area contributed by atoms with Crippen LogP contribution in [0.15, 0.2) is 55.0 Å². The molecule has 5 nitrogen and oxygen atoms in total. The summed E-state index contributed by atoms with van der Waals surface area (Å²) >= 11 is 5.86. The maximum Gasteiger partial charge on any atom is 0.162 e. The van der Waals surface area contributed by atoms with Gasteiger partial charge in [0.1, 0.15) is 5.15 Å². The summed E-state index contributed by atoms with van der Waals surface area (Å²) in [7, 11) is 1.68. The summed E-state index contributed by atoms with van der Waals surface area (Å²) in [6.45, 7) is 0.622. The first-order valence-corrected chi connectivity index (χ1v) is 10.2. The van der Waals surface area contributed by atoms with E-state index < -0.39 is 0 Å². The van der Waals surface area contributed by atoms with Crippen molar-refractivity contribution in [3.8, 4) is 22.6 Å². The molecule has 0 amide bonds. The van der Waals surface area contributed by atoms with Gasteiger partial charge in [-0.15, -0.1) is 0 Å². The molecule has 1 N–H and O–H groups in total. The SMILES string of the molecule is COc1ccc(-c2ccncc2CNc2ccc(Cl)nc2)cc1OC1CCCC1. The number of halogens is 1. The minimum Gasteiger partial charge on any atom is -0.493 e. The Hall–Kier alpha value is -2.79. The average molecular weight is 410 g/mol. The number of nitrogens with one attached hydrogen (secondary N) is 1. The molecule has 1 aromatic carbocycles. The van der Waals surface area contributed by atoms with Crippen LogP contribution in [0.4, 0.5) is 5.69 Å². The summed E-state index contributed by atoms with van der Waals surface area (Å²) in [6, 6.07) is 11.8. The van der Waals surface area contributed by atoms with Crippen LogP contribution in [-0.2, 0) is 6.54 Å². The molecule has 29 heavy (non-hydrogen) atoms. The Bertz CT molecular complexity index is 957. The predicted octanol–water partition coefficient (Wildman–Crippen LogP) is 5.74. The van der Waals surface area contributed by atoms with Crippen molar-refractivity contribution in [3.05, 3.63) is 65.7 Å². The number of nitrogens with zero attached hydrogens (tertiary/aromatic N) is 2. The fourth-order valence-electron chi connectivity index (χ4n) is 3.65. The largest absolute Gasteiger partial charge is 0.493 e. The molecule has 0 atom stereocenters. The highest BCUT2D eigenvalue weighted by Crippen LogP contribution is 2.36. The topological polar surface area (TPSA) is 56.3 Å². The monoisotopic (exact) mass is 409 g/mol. The lowest BCUT2D eigenvalue weighted by atomic mass is 10.0. The van der Waals surface area contributed by atoms with E-state index in [-0.39, 0.29) is 6.10 Å². The second kappa shape index (κ2) is 9.14. The number of hydrogen-bond acceptors (Lipinski definition) is 5. The molecule has 0 bridgehead atoms. The van der Waals surface area contributed by atoms with E-state index in [4.69, 9.17) is 21.1 Å². The van der Waals surface area contributed by atoms with Crippen molar-refractivity contribution in [1.82, 2.24) is 9.97 Å². The first-order chi connectivity index (χ1) is 14.2. The number of ether oxygens (including phenoxy) is 2. The Morgan fingerprint density at radius 2 is 1.93 bits per heavy atom. The second-order valence-electron chi connectivity index (χ2n) is 7.15. The molecule has 4 rings (SSSR count). The van der Waals surface area contributed by atoms with Crippen LogP contribution in [0.5, 0.6) is 11.5 Å². The Kier molecular flexibility index (Phi) is 6.15. The number of aromatic nitrogens is 2. The fraction of sp³-hybridized carbons (Fsp3) is 0.304. The van der Waals surface area contributed by atoms with E-state index >= 15 is 0 Å². The van der Waals surface area contributed by atoms with E-state index in [9.17, 15) is 0 Å². The Morgan fingerprint density at radius 1 is 1.07 bits per heavy atom. The van der Waals surface area contributed by atoms with Gasteiger partial charge in [0, 0.05) is 18.9 Å². The number of rotatable bonds is 7. The summed E-state index contributed by atoms with van der Waals surface area (Å²) in [4.78, 5) is 8.41. The minimum absolute atomic E-state index is 0.273. The summed E-state index contributed by atoms with van der Waals surface area (Å²) in [5, 5.41) is 3.85. The van der Waals surface area contributed by atoms with Crippen molar-refractivity contribution in [3.63, 3.8) is 0 Å². The number of pyridine rings is 2. The maximum absolute atomic E-state index is 6.26. The van der Waals surface area contributed by atoms with E-state index in [1.807, 2.05) is 30.6 Å². The van der Waals surface area contributed by atoms with Crippen LogP contribution in [0.3, 0.4) is 0 Å². The van der Waals surface area contributed by atoms with E-state index in [0.717, 1.165) is 46.7 Å². The van der Waals surface area contributed by atoms with Crippen molar-refractivity contribution in [2.24, 2.45) is 0 Å². The molecule has 0 aliphatic heterocycles. The van der Waals surface area contributed by atoms with Gasteiger partial charge in [0.25, 0.3) is 0 Å².